The zero-order valence-corrected chi connectivity index (χ0v) is 12.9. The molecule has 122 valence electrons. The molecule has 2 rings (SSSR count). The van der Waals surface area contributed by atoms with E-state index >= 15 is 0 Å². The summed E-state index contributed by atoms with van der Waals surface area (Å²) >= 11 is 0. The molecule has 1 aliphatic heterocycles. The SMILES string of the molecule is CN1C(=O)C(=Cc2c(O)n(C)c(=O)n(C)c2=O)C(=O)N(C)C1=O. The fourth-order valence-corrected chi connectivity index (χ4v) is 2.11. The van der Waals surface area contributed by atoms with Crippen LogP contribution in [-0.2, 0) is 23.7 Å². The molecule has 0 radical (unpaired) electrons. The van der Waals surface area contributed by atoms with Crippen molar-refractivity contribution >= 4 is 23.9 Å². The van der Waals surface area contributed by atoms with Gasteiger partial charge in [0.25, 0.3) is 17.4 Å². The molecule has 4 amide bonds. The Bertz CT molecular complexity index is 865. The number of imide groups is 2. The molecule has 0 aliphatic carbocycles. The Labute approximate surface area is 129 Å². The molecule has 2 heterocycles. The first-order valence-corrected chi connectivity index (χ1v) is 6.40. The molecule has 0 atom stereocenters. The van der Waals surface area contributed by atoms with Crippen molar-refractivity contribution in [1.29, 1.82) is 0 Å². The number of likely N-dealkylation sites (N-methyl/N-ethyl adjacent to an activating group) is 2. The van der Waals surface area contributed by atoms with Crippen LogP contribution in [-0.4, -0.2) is 56.0 Å². The highest BCUT2D eigenvalue weighted by Crippen LogP contribution is 2.19. The van der Waals surface area contributed by atoms with Gasteiger partial charge in [-0.1, -0.05) is 0 Å². The number of urea groups is 1. The average molecular weight is 322 g/mol. The van der Waals surface area contributed by atoms with Crippen LogP contribution in [0.4, 0.5) is 4.79 Å². The van der Waals surface area contributed by atoms with E-state index in [1.165, 1.54) is 28.2 Å². The third-order valence-corrected chi connectivity index (χ3v) is 3.60. The van der Waals surface area contributed by atoms with Crippen molar-refractivity contribution in [2.24, 2.45) is 14.1 Å². The van der Waals surface area contributed by atoms with E-state index in [0.29, 0.717) is 9.80 Å². The summed E-state index contributed by atoms with van der Waals surface area (Å²) in [5.41, 5.74) is -2.51. The molecular formula is C13H14N4O6. The second-order valence-electron chi connectivity index (χ2n) is 5.01. The first-order valence-electron chi connectivity index (χ1n) is 6.40. The molecule has 1 N–H and O–H groups in total. The topological polar surface area (TPSA) is 122 Å². The zero-order chi connectivity index (χ0) is 17.6. The molecule has 0 spiro atoms. The van der Waals surface area contributed by atoms with Crippen LogP contribution in [0.5, 0.6) is 5.88 Å². The zero-order valence-electron chi connectivity index (χ0n) is 12.9. The van der Waals surface area contributed by atoms with E-state index in [0.717, 1.165) is 15.2 Å². The van der Waals surface area contributed by atoms with Crippen molar-refractivity contribution in [3.63, 3.8) is 0 Å². The van der Waals surface area contributed by atoms with Crippen molar-refractivity contribution < 1.29 is 19.5 Å². The van der Waals surface area contributed by atoms with Crippen molar-refractivity contribution in [1.82, 2.24) is 18.9 Å². The number of carbonyl (C=O) groups excluding carboxylic acids is 3. The molecule has 1 aromatic heterocycles. The maximum Gasteiger partial charge on any atom is 0.333 e. The minimum atomic E-state index is -0.909. The van der Waals surface area contributed by atoms with Crippen molar-refractivity contribution in [3.8, 4) is 5.88 Å². The fourth-order valence-electron chi connectivity index (χ4n) is 2.11. The lowest BCUT2D eigenvalue weighted by atomic mass is 10.1. The van der Waals surface area contributed by atoms with E-state index in [9.17, 15) is 29.1 Å². The number of hydrogen-bond donors (Lipinski definition) is 1. The third-order valence-electron chi connectivity index (χ3n) is 3.60. The van der Waals surface area contributed by atoms with Crippen LogP contribution in [0.15, 0.2) is 15.2 Å². The fraction of sp³-hybridized carbons (Fsp3) is 0.308. The van der Waals surface area contributed by atoms with Gasteiger partial charge in [-0.3, -0.25) is 33.3 Å². The van der Waals surface area contributed by atoms with Gasteiger partial charge in [0.1, 0.15) is 11.1 Å². The molecule has 10 nitrogen and oxygen atoms in total. The number of carbonyl (C=O) groups is 3. The van der Waals surface area contributed by atoms with Crippen LogP contribution in [0.1, 0.15) is 5.56 Å². The van der Waals surface area contributed by atoms with Gasteiger partial charge in [0.2, 0.25) is 5.88 Å². The van der Waals surface area contributed by atoms with Gasteiger partial charge >= 0.3 is 11.7 Å². The highest BCUT2D eigenvalue weighted by Gasteiger charge is 2.38. The lowest BCUT2D eigenvalue weighted by molar-refractivity contribution is -0.134. The van der Waals surface area contributed by atoms with Crippen molar-refractivity contribution in [2.75, 3.05) is 14.1 Å². The Balaban J connectivity index is 2.75. The smallest absolute Gasteiger partial charge is 0.333 e. The molecule has 0 bridgehead atoms. The van der Waals surface area contributed by atoms with Crippen LogP contribution < -0.4 is 11.2 Å². The number of amides is 4. The minimum absolute atomic E-state index is 0.401. The molecule has 1 aliphatic rings. The average Bonchev–Trinajstić information content (AvgIpc) is 2.54. The van der Waals surface area contributed by atoms with E-state index in [1.807, 2.05) is 0 Å². The molecular weight excluding hydrogens is 308 g/mol. The summed E-state index contributed by atoms with van der Waals surface area (Å²) in [6.07, 6.45) is 0.876. The van der Waals surface area contributed by atoms with Crippen LogP contribution in [0.2, 0.25) is 0 Å². The summed E-state index contributed by atoms with van der Waals surface area (Å²) < 4.78 is 1.52. The maximum absolute atomic E-state index is 12.1. The quantitative estimate of drug-likeness (QED) is 0.482. The highest BCUT2D eigenvalue weighted by molar-refractivity contribution is 6.30. The van der Waals surface area contributed by atoms with Gasteiger partial charge in [0.15, 0.2) is 0 Å². The monoisotopic (exact) mass is 322 g/mol. The standard InChI is InChI=1S/C13H14N4O6/c1-14-8(18)6(9(19)15(2)12(14)22)5-7-10(20)16(3)13(23)17(4)11(7)21/h5,18H,1-4H3. The lowest BCUT2D eigenvalue weighted by Crippen LogP contribution is -2.53. The number of aromatic nitrogens is 2. The maximum atomic E-state index is 12.1. The predicted molar refractivity (Wildman–Crippen MR) is 77.5 cm³/mol. The first kappa shape index (κ1) is 16.2. The van der Waals surface area contributed by atoms with E-state index in [2.05, 4.69) is 0 Å². The Morgan fingerprint density at radius 3 is 1.78 bits per heavy atom. The number of aromatic hydroxyl groups is 1. The van der Waals surface area contributed by atoms with Crippen molar-refractivity contribution in [2.45, 2.75) is 0 Å². The lowest BCUT2D eigenvalue weighted by Gasteiger charge is -2.28. The second kappa shape index (κ2) is 5.23. The summed E-state index contributed by atoms with van der Waals surface area (Å²) in [6.45, 7) is 0. The summed E-state index contributed by atoms with van der Waals surface area (Å²) in [4.78, 5) is 61.0. The Morgan fingerprint density at radius 2 is 1.30 bits per heavy atom. The van der Waals surface area contributed by atoms with Gasteiger partial charge in [-0.2, -0.15) is 0 Å². The third kappa shape index (κ3) is 2.24. The molecule has 0 aromatic carbocycles. The van der Waals surface area contributed by atoms with Gasteiger partial charge < -0.3 is 5.11 Å². The van der Waals surface area contributed by atoms with Crippen LogP contribution in [0.25, 0.3) is 6.08 Å². The molecule has 1 aromatic rings. The number of nitrogens with zero attached hydrogens (tertiary/aromatic N) is 4. The summed E-state index contributed by atoms with van der Waals surface area (Å²) in [7, 11) is 4.78. The number of hydrogen-bond acceptors (Lipinski definition) is 6. The second-order valence-corrected chi connectivity index (χ2v) is 5.01. The first-order chi connectivity index (χ1) is 10.6. The van der Waals surface area contributed by atoms with Crippen LogP contribution >= 0.6 is 0 Å². The highest BCUT2D eigenvalue weighted by atomic mass is 16.3. The van der Waals surface area contributed by atoms with Gasteiger partial charge in [0, 0.05) is 28.2 Å². The predicted octanol–water partition coefficient (Wildman–Crippen LogP) is -1.78. The Morgan fingerprint density at radius 1 is 0.826 bits per heavy atom. The number of barbiturate groups is 1. The Kier molecular flexibility index (Phi) is 3.69. The molecule has 10 heteroatoms. The van der Waals surface area contributed by atoms with Gasteiger partial charge in [-0.25, -0.2) is 9.59 Å². The van der Waals surface area contributed by atoms with E-state index in [4.69, 9.17) is 0 Å². The molecule has 1 fully saturated rings. The summed E-state index contributed by atoms with van der Waals surface area (Å²) in [5, 5.41) is 9.96. The summed E-state index contributed by atoms with van der Waals surface area (Å²) in [6, 6.07) is -0.810. The van der Waals surface area contributed by atoms with Gasteiger partial charge in [0.05, 0.1) is 0 Å². The van der Waals surface area contributed by atoms with E-state index in [-0.39, 0.29) is 0 Å². The van der Waals surface area contributed by atoms with Gasteiger partial charge in [-0.05, 0) is 6.08 Å². The minimum Gasteiger partial charge on any atom is -0.494 e. The molecule has 23 heavy (non-hydrogen) atoms. The molecule has 0 saturated carbocycles. The number of rotatable bonds is 1. The van der Waals surface area contributed by atoms with E-state index in [1.54, 1.807) is 0 Å². The molecule has 1 saturated heterocycles. The van der Waals surface area contributed by atoms with Crippen LogP contribution in [0.3, 0.4) is 0 Å². The Hall–Kier alpha value is -3.17. The van der Waals surface area contributed by atoms with Gasteiger partial charge in [-0.15, -0.1) is 0 Å². The molecule has 0 unspecified atom stereocenters. The van der Waals surface area contributed by atoms with Crippen LogP contribution in [0, 0.1) is 0 Å². The summed E-state index contributed by atoms with van der Waals surface area (Å²) in [5.74, 6) is -2.50. The largest absolute Gasteiger partial charge is 0.494 e. The normalized spacial score (nSPS) is 15.5. The van der Waals surface area contributed by atoms with Crippen molar-refractivity contribution in [3.05, 3.63) is 32.0 Å². The van der Waals surface area contributed by atoms with E-state index < -0.39 is 46.1 Å².